The second-order valence-corrected chi connectivity index (χ2v) is 3.89. The van der Waals surface area contributed by atoms with Gasteiger partial charge in [-0.25, -0.2) is 14.4 Å². The van der Waals surface area contributed by atoms with Crippen LogP contribution >= 0.6 is 0 Å². The monoisotopic (exact) mass is 360 g/mol. The van der Waals surface area contributed by atoms with Crippen LogP contribution in [0.15, 0.2) is 38.0 Å². The van der Waals surface area contributed by atoms with Crippen molar-refractivity contribution in [3.8, 4) is 0 Å². The Labute approximate surface area is 148 Å². The summed E-state index contributed by atoms with van der Waals surface area (Å²) < 4.78 is 17.8. The van der Waals surface area contributed by atoms with Crippen LogP contribution in [-0.4, -0.2) is 56.7 Å². The molecule has 0 aromatic carbocycles. The van der Waals surface area contributed by atoms with Gasteiger partial charge < -0.3 is 24.1 Å². The van der Waals surface area contributed by atoms with Crippen LogP contribution < -0.4 is 0 Å². The van der Waals surface area contributed by atoms with Gasteiger partial charge in [0.05, 0.1) is 13.2 Å². The Morgan fingerprint density at radius 2 is 1.32 bits per heavy atom. The molecule has 144 valence electrons. The van der Waals surface area contributed by atoms with Crippen LogP contribution in [0, 0.1) is 0 Å². The fourth-order valence-electron chi connectivity index (χ4n) is 0.757. The maximum atomic E-state index is 10.3. The molecule has 0 unspecified atom stereocenters. The predicted molar refractivity (Wildman–Crippen MR) is 92.5 cm³/mol. The zero-order chi connectivity index (χ0) is 19.9. The Hall–Kier alpha value is -2.45. The Bertz CT molecular complexity index is 366. The largest absolute Gasteiger partial charge is 0.463 e. The molecule has 1 N–H and O–H groups in total. The highest BCUT2D eigenvalue weighted by atomic mass is 16.7. The zero-order valence-electron chi connectivity index (χ0n) is 14.9. The Morgan fingerprint density at radius 3 is 1.68 bits per heavy atom. The third-order valence-electron chi connectivity index (χ3n) is 1.90. The lowest BCUT2D eigenvalue weighted by Crippen LogP contribution is -2.04. The molecular weight excluding hydrogens is 332 g/mol. The second-order valence-electron chi connectivity index (χ2n) is 3.89. The number of unbranched alkanes of at least 4 members (excludes halogenated alkanes) is 1. The molecule has 8 heteroatoms. The molecule has 25 heavy (non-hydrogen) atoms. The van der Waals surface area contributed by atoms with E-state index >= 15 is 0 Å². The fourth-order valence-corrected chi connectivity index (χ4v) is 0.757. The van der Waals surface area contributed by atoms with Gasteiger partial charge in [0.15, 0.2) is 6.79 Å². The molecule has 0 radical (unpaired) electrons. The van der Waals surface area contributed by atoms with Crippen molar-refractivity contribution in [1.29, 1.82) is 0 Å². The normalized spacial score (nSPS) is 8.28. The fraction of sp³-hybridized carbons (Fsp3) is 0.471. The first-order valence-corrected chi connectivity index (χ1v) is 7.40. The van der Waals surface area contributed by atoms with E-state index < -0.39 is 11.9 Å². The lowest BCUT2D eigenvalue weighted by molar-refractivity contribution is -0.148. The lowest BCUT2D eigenvalue weighted by Gasteiger charge is -1.97. The van der Waals surface area contributed by atoms with Crippen molar-refractivity contribution in [2.24, 2.45) is 0 Å². The van der Waals surface area contributed by atoms with E-state index in [1.165, 1.54) is 13.2 Å². The maximum absolute atomic E-state index is 10.3. The van der Waals surface area contributed by atoms with Gasteiger partial charge in [-0.2, -0.15) is 0 Å². The van der Waals surface area contributed by atoms with Crippen LogP contribution in [-0.2, 0) is 33.3 Å². The van der Waals surface area contributed by atoms with E-state index in [9.17, 15) is 14.4 Å². The van der Waals surface area contributed by atoms with Crippen molar-refractivity contribution in [3.63, 3.8) is 0 Å². The average molecular weight is 360 g/mol. The topological polar surface area (TPSA) is 108 Å². The summed E-state index contributed by atoms with van der Waals surface area (Å²) in [6.45, 7) is 12.1. The first kappa shape index (κ1) is 27.4. The third kappa shape index (κ3) is 30.1. The van der Waals surface area contributed by atoms with Gasteiger partial charge >= 0.3 is 17.9 Å². The highest BCUT2D eigenvalue weighted by molar-refractivity contribution is 5.81. The van der Waals surface area contributed by atoms with Gasteiger partial charge in [-0.05, 0) is 6.42 Å². The Kier molecular flexibility index (Phi) is 26.1. The molecule has 0 aliphatic carbocycles. The molecule has 0 saturated heterocycles. The smallest absolute Gasteiger partial charge is 0.332 e. The van der Waals surface area contributed by atoms with E-state index in [-0.39, 0.29) is 26.0 Å². The van der Waals surface area contributed by atoms with Crippen molar-refractivity contribution < 1.29 is 38.4 Å². The summed E-state index contributed by atoms with van der Waals surface area (Å²) in [7, 11) is 1.44. The molecule has 0 saturated carbocycles. The van der Waals surface area contributed by atoms with Crippen LogP contribution in [0.3, 0.4) is 0 Å². The maximum Gasteiger partial charge on any atom is 0.332 e. The Balaban J connectivity index is -0.000000291. The number of methoxy groups -OCH3 is 1. The summed E-state index contributed by atoms with van der Waals surface area (Å²) in [6.07, 6.45) is 5.29. The number of hydrogen-bond acceptors (Lipinski definition) is 8. The third-order valence-corrected chi connectivity index (χ3v) is 1.90. The molecule has 0 heterocycles. The molecule has 8 nitrogen and oxygen atoms in total. The number of ether oxygens (including phenoxy) is 4. The molecule has 0 rings (SSSR count). The van der Waals surface area contributed by atoms with Crippen LogP contribution in [0.25, 0.3) is 0 Å². The number of carbonyl (C=O) groups excluding carboxylic acids is 3. The van der Waals surface area contributed by atoms with Crippen LogP contribution in [0.1, 0.15) is 19.8 Å². The number of aliphatic hydroxyl groups is 1. The van der Waals surface area contributed by atoms with Crippen molar-refractivity contribution in [2.45, 2.75) is 19.8 Å². The van der Waals surface area contributed by atoms with Crippen molar-refractivity contribution in [3.05, 3.63) is 38.0 Å². The van der Waals surface area contributed by atoms with Crippen LogP contribution in [0.4, 0.5) is 0 Å². The summed E-state index contributed by atoms with van der Waals surface area (Å²) >= 11 is 0. The van der Waals surface area contributed by atoms with Crippen LogP contribution in [0.2, 0.25) is 0 Å². The number of carbonyl (C=O) groups is 3. The van der Waals surface area contributed by atoms with Gasteiger partial charge in [-0.1, -0.05) is 33.1 Å². The molecule has 0 fully saturated rings. The van der Waals surface area contributed by atoms with E-state index in [0.29, 0.717) is 6.61 Å². The summed E-state index contributed by atoms with van der Waals surface area (Å²) in [5, 5.41) is 8.10. The summed E-state index contributed by atoms with van der Waals surface area (Å²) in [4.78, 5) is 30.6. The zero-order valence-corrected chi connectivity index (χ0v) is 14.9. The van der Waals surface area contributed by atoms with E-state index in [1.807, 2.05) is 6.92 Å². The number of aliphatic hydroxyl groups excluding tert-OH is 1. The van der Waals surface area contributed by atoms with E-state index in [2.05, 4.69) is 38.7 Å². The average Bonchev–Trinajstić information content (AvgIpc) is 2.64. The molecule has 0 spiro atoms. The molecule has 0 atom stereocenters. The highest BCUT2D eigenvalue weighted by Crippen LogP contribution is 1.88. The van der Waals surface area contributed by atoms with E-state index in [0.717, 1.165) is 25.0 Å². The molecule has 0 aromatic heterocycles. The predicted octanol–water partition coefficient (Wildman–Crippen LogP) is 1.54. The van der Waals surface area contributed by atoms with Crippen molar-refractivity contribution in [2.75, 3.05) is 33.7 Å². The molecule has 0 bridgehead atoms. The molecule has 0 amide bonds. The molecular formula is C17H28O8. The molecule has 0 aliphatic heterocycles. The number of esters is 3. The first-order chi connectivity index (χ1) is 11.9. The summed E-state index contributed by atoms with van der Waals surface area (Å²) in [5.74, 6) is -1.30. The molecule has 0 aromatic rings. The SMILES string of the molecule is C=CC(=O)OCCCC.C=CC(=O)OCCO.C=CC(=O)OCOC. The minimum absolute atomic E-state index is 0.00907. The summed E-state index contributed by atoms with van der Waals surface area (Å²) in [6, 6.07) is 0. The van der Waals surface area contributed by atoms with Gasteiger partial charge in [0, 0.05) is 25.3 Å². The second kappa shape index (κ2) is 23.8. The minimum atomic E-state index is -0.501. The van der Waals surface area contributed by atoms with Gasteiger partial charge in [-0.15, -0.1) is 0 Å². The summed E-state index contributed by atoms with van der Waals surface area (Å²) in [5.41, 5.74) is 0. The quantitative estimate of drug-likeness (QED) is 0.205. The minimum Gasteiger partial charge on any atom is -0.463 e. The first-order valence-electron chi connectivity index (χ1n) is 7.40. The van der Waals surface area contributed by atoms with Crippen molar-refractivity contribution >= 4 is 17.9 Å². The Morgan fingerprint density at radius 1 is 0.880 bits per heavy atom. The van der Waals surface area contributed by atoms with Gasteiger partial charge in [0.1, 0.15) is 6.61 Å². The van der Waals surface area contributed by atoms with E-state index in [1.54, 1.807) is 0 Å². The standard InChI is InChI=1S/C7H12O2.2C5H8O3/c1-3-5-6-9-7(8)4-2;1-3-5(6)8-4-7-2;1-2-5(7)8-4-3-6/h4H,2-3,5-6H2,1H3;3H,1,4H2,2H3;2,6H,1,3-4H2. The van der Waals surface area contributed by atoms with Crippen molar-refractivity contribution in [1.82, 2.24) is 0 Å². The van der Waals surface area contributed by atoms with E-state index in [4.69, 9.17) is 5.11 Å². The van der Waals surface area contributed by atoms with Gasteiger partial charge in [-0.3, -0.25) is 0 Å². The lowest BCUT2D eigenvalue weighted by atomic mass is 10.4. The highest BCUT2D eigenvalue weighted by Gasteiger charge is 1.91. The number of rotatable bonds is 10. The molecule has 0 aliphatic rings. The number of hydrogen-bond donors (Lipinski definition) is 1. The van der Waals surface area contributed by atoms with Crippen LogP contribution in [0.5, 0.6) is 0 Å². The van der Waals surface area contributed by atoms with Gasteiger partial charge in [0.2, 0.25) is 0 Å². The van der Waals surface area contributed by atoms with Gasteiger partial charge in [0.25, 0.3) is 0 Å².